The highest BCUT2D eigenvalue weighted by Crippen LogP contribution is 2.14. The van der Waals surface area contributed by atoms with Crippen LogP contribution in [0.4, 0.5) is 4.79 Å². The van der Waals surface area contributed by atoms with Crippen LogP contribution in [0.25, 0.3) is 0 Å². The van der Waals surface area contributed by atoms with Crippen LogP contribution in [0.3, 0.4) is 0 Å². The first-order chi connectivity index (χ1) is 8.56. The van der Waals surface area contributed by atoms with Gasteiger partial charge in [0.05, 0.1) is 17.2 Å². The molecule has 0 N–H and O–H groups in total. The van der Waals surface area contributed by atoms with E-state index in [9.17, 15) is 9.59 Å². The van der Waals surface area contributed by atoms with Crippen molar-refractivity contribution < 1.29 is 29.1 Å². The molecule has 6 nitrogen and oxygen atoms in total. The highest BCUT2D eigenvalue weighted by Gasteiger charge is 2.16. The maximum absolute atomic E-state index is 11.6. The molecule has 0 saturated heterocycles. The summed E-state index contributed by atoms with van der Waals surface area (Å²) in [5, 5.41) is 4.05. The minimum atomic E-state index is -1.08. The van der Waals surface area contributed by atoms with Crippen molar-refractivity contribution in [1.82, 2.24) is 0 Å². The van der Waals surface area contributed by atoms with Crippen molar-refractivity contribution in [2.75, 3.05) is 6.61 Å². The normalized spacial score (nSPS) is 9.72. The fraction of sp³-hybridized carbons (Fsp3) is 0.333. The topological polar surface area (TPSA) is 71.1 Å². The van der Waals surface area contributed by atoms with Crippen molar-refractivity contribution in [3.8, 4) is 0 Å². The van der Waals surface area contributed by atoms with Crippen LogP contribution in [0.15, 0.2) is 18.2 Å². The number of rotatable bonds is 4. The molecule has 1 aromatic carbocycles. The molecule has 0 spiro atoms. The number of benzene rings is 1. The standard InChI is InChI=1S/C12H14O6/c1-4-15-12(14)17-18-16-11(13)10-8(2)6-5-7-9(10)3/h5-7H,4H2,1-3H3. The largest absolute Gasteiger partial charge is 0.543 e. The molecule has 0 aliphatic heterocycles. The zero-order valence-electron chi connectivity index (χ0n) is 10.4. The van der Waals surface area contributed by atoms with E-state index in [4.69, 9.17) is 0 Å². The van der Waals surface area contributed by atoms with E-state index in [-0.39, 0.29) is 6.61 Å². The Morgan fingerprint density at radius 1 is 1.11 bits per heavy atom. The monoisotopic (exact) mass is 254 g/mol. The number of ether oxygens (including phenoxy) is 1. The summed E-state index contributed by atoms with van der Waals surface area (Å²) in [6.07, 6.45) is -1.08. The molecule has 18 heavy (non-hydrogen) atoms. The van der Waals surface area contributed by atoms with Crippen LogP contribution >= 0.6 is 0 Å². The summed E-state index contributed by atoms with van der Waals surface area (Å²) in [5.74, 6) is -0.741. The third-order valence-corrected chi connectivity index (χ3v) is 2.16. The number of hydrogen-bond donors (Lipinski definition) is 0. The van der Waals surface area contributed by atoms with Gasteiger partial charge >= 0.3 is 12.1 Å². The second kappa shape index (κ2) is 6.61. The fourth-order valence-corrected chi connectivity index (χ4v) is 1.40. The molecule has 0 heterocycles. The highest BCUT2D eigenvalue weighted by molar-refractivity contribution is 5.92. The van der Waals surface area contributed by atoms with Gasteiger partial charge in [-0.15, -0.1) is 0 Å². The first-order valence-electron chi connectivity index (χ1n) is 5.34. The van der Waals surface area contributed by atoms with Crippen molar-refractivity contribution in [2.24, 2.45) is 0 Å². The Labute approximate surface area is 104 Å². The molecule has 0 radical (unpaired) electrons. The van der Waals surface area contributed by atoms with Crippen molar-refractivity contribution >= 4 is 12.1 Å². The third kappa shape index (κ3) is 3.74. The van der Waals surface area contributed by atoms with E-state index in [1.54, 1.807) is 32.9 Å². The van der Waals surface area contributed by atoms with Gasteiger partial charge in [0.2, 0.25) is 0 Å². The predicted octanol–water partition coefficient (Wildman–Crippen LogP) is 2.48. The van der Waals surface area contributed by atoms with Gasteiger partial charge in [0, 0.05) is 0 Å². The van der Waals surface area contributed by atoms with E-state index < -0.39 is 12.1 Å². The maximum atomic E-state index is 11.6. The Balaban J connectivity index is 2.53. The molecule has 0 aliphatic carbocycles. The lowest BCUT2D eigenvalue weighted by atomic mass is 10.0. The van der Waals surface area contributed by atoms with Crippen LogP contribution in [0.2, 0.25) is 0 Å². The Bertz CT molecular complexity index is 420. The summed E-state index contributed by atoms with van der Waals surface area (Å²) in [5.41, 5.74) is 1.84. The SMILES string of the molecule is CCOC(=O)OOOC(=O)c1c(C)cccc1C. The molecule has 1 aromatic rings. The van der Waals surface area contributed by atoms with E-state index in [1.807, 2.05) is 6.07 Å². The van der Waals surface area contributed by atoms with E-state index >= 15 is 0 Å². The molecule has 1 rings (SSSR count). The van der Waals surface area contributed by atoms with Gasteiger partial charge < -0.3 is 4.74 Å². The van der Waals surface area contributed by atoms with Gasteiger partial charge in [-0.3, -0.25) is 4.89 Å². The zero-order valence-corrected chi connectivity index (χ0v) is 10.4. The van der Waals surface area contributed by atoms with Gasteiger partial charge in [0.25, 0.3) is 0 Å². The smallest absolute Gasteiger partial charge is 0.433 e. The van der Waals surface area contributed by atoms with Crippen molar-refractivity contribution in [3.05, 3.63) is 34.9 Å². The summed E-state index contributed by atoms with van der Waals surface area (Å²) in [6, 6.07) is 5.34. The van der Waals surface area contributed by atoms with Crippen LogP contribution in [0, 0.1) is 13.8 Å². The molecular weight excluding hydrogens is 240 g/mol. The molecule has 0 bridgehead atoms. The van der Waals surface area contributed by atoms with E-state index in [0.717, 1.165) is 11.1 Å². The lowest BCUT2D eigenvalue weighted by Gasteiger charge is -2.07. The van der Waals surface area contributed by atoms with Gasteiger partial charge in [0.15, 0.2) is 0 Å². The zero-order chi connectivity index (χ0) is 13.5. The molecule has 98 valence electrons. The minimum absolute atomic E-state index is 0.132. The Morgan fingerprint density at radius 2 is 1.72 bits per heavy atom. The fourth-order valence-electron chi connectivity index (χ4n) is 1.40. The lowest BCUT2D eigenvalue weighted by Crippen LogP contribution is -2.13. The van der Waals surface area contributed by atoms with E-state index in [1.165, 1.54) is 0 Å². The second-order valence-electron chi connectivity index (χ2n) is 3.47. The lowest BCUT2D eigenvalue weighted by molar-refractivity contribution is -0.452. The average Bonchev–Trinajstić information content (AvgIpc) is 2.29. The molecule has 0 aliphatic rings. The van der Waals surface area contributed by atoms with E-state index in [0.29, 0.717) is 5.56 Å². The summed E-state index contributed by atoms with van der Waals surface area (Å²) in [4.78, 5) is 30.8. The van der Waals surface area contributed by atoms with Crippen molar-refractivity contribution in [2.45, 2.75) is 20.8 Å². The van der Waals surface area contributed by atoms with Gasteiger partial charge in [-0.25, -0.2) is 14.5 Å². The average molecular weight is 254 g/mol. The number of aryl methyl sites for hydroxylation is 2. The maximum Gasteiger partial charge on any atom is 0.543 e. The van der Waals surface area contributed by atoms with Crippen LogP contribution in [0.1, 0.15) is 28.4 Å². The van der Waals surface area contributed by atoms with Crippen LogP contribution in [-0.2, 0) is 19.6 Å². The molecule has 0 fully saturated rings. The van der Waals surface area contributed by atoms with Gasteiger partial charge in [-0.2, -0.15) is 0 Å². The number of carbonyl (C=O) groups excluding carboxylic acids is 2. The van der Waals surface area contributed by atoms with Crippen LogP contribution < -0.4 is 0 Å². The molecule has 0 aromatic heterocycles. The number of hydrogen-bond acceptors (Lipinski definition) is 6. The summed E-state index contributed by atoms with van der Waals surface area (Å²) >= 11 is 0. The van der Waals surface area contributed by atoms with Gasteiger partial charge in [0.1, 0.15) is 0 Å². The number of carbonyl (C=O) groups is 2. The van der Waals surface area contributed by atoms with Crippen molar-refractivity contribution in [3.63, 3.8) is 0 Å². The Hall–Kier alpha value is -2.08. The van der Waals surface area contributed by atoms with Crippen LogP contribution in [0.5, 0.6) is 0 Å². The molecule has 0 atom stereocenters. The Kier molecular flexibility index (Phi) is 5.13. The predicted molar refractivity (Wildman–Crippen MR) is 60.5 cm³/mol. The van der Waals surface area contributed by atoms with Crippen molar-refractivity contribution in [1.29, 1.82) is 0 Å². The Morgan fingerprint density at radius 3 is 2.28 bits per heavy atom. The van der Waals surface area contributed by atoms with E-state index in [2.05, 4.69) is 19.6 Å². The van der Waals surface area contributed by atoms with Crippen LogP contribution in [-0.4, -0.2) is 18.7 Å². The molecule has 0 amide bonds. The summed E-state index contributed by atoms with van der Waals surface area (Å²) in [7, 11) is 0. The summed E-state index contributed by atoms with van der Waals surface area (Å²) in [6.45, 7) is 5.25. The molecular formula is C12H14O6. The molecule has 6 heteroatoms. The molecule has 0 unspecified atom stereocenters. The summed E-state index contributed by atoms with van der Waals surface area (Å²) < 4.78 is 4.40. The quantitative estimate of drug-likeness (QED) is 0.467. The molecule has 0 saturated carbocycles. The van der Waals surface area contributed by atoms with Gasteiger partial charge in [-0.1, -0.05) is 18.2 Å². The van der Waals surface area contributed by atoms with Gasteiger partial charge in [-0.05, 0) is 31.9 Å². The minimum Gasteiger partial charge on any atom is -0.433 e. The second-order valence-corrected chi connectivity index (χ2v) is 3.47. The third-order valence-electron chi connectivity index (χ3n) is 2.16. The first kappa shape index (κ1) is 14.0. The highest BCUT2D eigenvalue weighted by atomic mass is 17.5. The first-order valence-corrected chi connectivity index (χ1v) is 5.34.